The molecule has 0 spiro atoms. The van der Waals surface area contributed by atoms with Gasteiger partial charge in [0.1, 0.15) is 0 Å². The van der Waals surface area contributed by atoms with E-state index in [1.54, 1.807) is 25.1 Å². The first-order valence-corrected chi connectivity index (χ1v) is 9.08. The molecule has 138 valence electrons. The van der Waals surface area contributed by atoms with Crippen LogP contribution in [0.4, 0.5) is 0 Å². The van der Waals surface area contributed by atoms with E-state index in [1.807, 2.05) is 0 Å². The maximum atomic E-state index is 12.0. The maximum Gasteiger partial charge on any atom is 0.286 e. The number of amidine groups is 1. The summed E-state index contributed by atoms with van der Waals surface area (Å²) in [5, 5.41) is 2.72. The van der Waals surface area contributed by atoms with Crippen LogP contribution in [0.5, 0.6) is 11.5 Å². The standard InChI is InChI=1S/C16H16BrN3O5S/c1-3-24-11-5-9(4-10(17)14(11)25-7-13(18)22)6-12-15(23)20-16(26-12)19-8(2)21/h4-6H,3,7H2,1-2H3,(H2,18,22)(H,19,20,21,23)/b12-6-. The highest BCUT2D eigenvalue weighted by Crippen LogP contribution is 2.38. The molecule has 3 amide bonds. The molecule has 1 aliphatic heterocycles. The summed E-state index contributed by atoms with van der Waals surface area (Å²) in [4.78, 5) is 38.1. The Morgan fingerprint density at radius 2 is 2.12 bits per heavy atom. The van der Waals surface area contributed by atoms with Crippen LogP contribution in [-0.4, -0.2) is 36.1 Å². The molecule has 1 heterocycles. The summed E-state index contributed by atoms with van der Waals surface area (Å²) < 4.78 is 11.5. The molecule has 26 heavy (non-hydrogen) atoms. The Morgan fingerprint density at radius 3 is 2.73 bits per heavy atom. The number of thioether (sulfide) groups is 1. The number of halogens is 1. The van der Waals surface area contributed by atoms with Gasteiger partial charge in [0, 0.05) is 6.92 Å². The molecule has 0 atom stereocenters. The van der Waals surface area contributed by atoms with Gasteiger partial charge in [-0.15, -0.1) is 0 Å². The minimum Gasteiger partial charge on any atom is -0.490 e. The fourth-order valence-corrected chi connectivity index (χ4v) is 3.42. The first-order valence-electron chi connectivity index (χ1n) is 7.47. The molecule has 8 nitrogen and oxygen atoms in total. The van der Waals surface area contributed by atoms with Crippen molar-refractivity contribution in [3.05, 3.63) is 27.1 Å². The molecular formula is C16H16BrN3O5S. The van der Waals surface area contributed by atoms with Gasteiger partial charge in [0.15, 0.2) is 23.3 Å². The third-order valence-electron chi connectivity index (χ3n) is 2.89. The zero-order valence-corrected chi connectivity index (χ0v) is 16.4. The van der Waals surface area contributed by atoms with Gasteiger partial charge >= 0.3 is 0 Å². The van der Waals surface area contributed by atoms with E-state index >= 15 is 0 Å². The van der Waals surface area contributed by atoms with Gasteiger partial charge < -0.3 is 20.5 Å². The molecule has 2 rings (SSSR count). The predicted molar refractivity (Wildman–Crippen MR) is 102 cm³/mol. The number of nitrogens with zero attached hydrogens (tertiary/aromatic N) is 1. The number of carbonyl (C=O) groups is 3. The summed E-state index contributed by atoms with van der Waals surface area (Å²) in [6.07, 6.45) is 1.62. The van der Waals surface area contributed by atoms with Crippen molar-refractivity contribution in [3.63, 3.8) is 0 Å². The van der Waals surface area contributed by atoms with Gasteiger partial charge in [0.2, 0.25) is 5.91 Å². The quantitative estimate of drug-likeness (QED) is 0.649. The smallest absolute Gasteiger partial charge is 0.286 e. The number of primary amides is 1. The lowest BCUT2D eigenvalue weighted by molar-refractivity contribution is -0.120. The average Bonchev–Trinajstić information content (AvgIpc) is 2.85. The molecule has 0 aromatic heterocycles. The summed E-state index contributed by atoms with van der Waals surface area (Å²) in [6.45, 7) is 3.23. The fourth-order valence-electron chi connectivity index (χ4n) is 1.98. The molecule has 3 N–H and O–H groups in total. The largest absolute Gasteiger partial charge is 0.490 e. The molecule has 0 fully saturated rings. The van der Waals surface area contributed by atoms with Crippen LogP contribution in [0, 0.1) is 0 Å². The van der Waals surface area contributed by atoms with Crippen molar-refractivity contribution in [2.45, 2.75) is 13.8 Å². The minimum absolute atomic E-state index is 0.235. The molecule has 0 saturated heterocycles. The number of carbonyl (C=O) groups excluding carboxylic acids is 3. The van der Waals surface area contributed by atoms with E-state index in [1.165, 1.54) is 6.92 Å². The summed E-state index contributed by atoms with van der Waals surface area (Å²) in [5.41, 5.74) is 5.76. The third kappa shape index (κ3) is 5.33. The minimum atomic E-state index is -0.610. The third-order valence-corrected chi connectivity index (χ3v) is 4.38. The van der Waals surface area contributed by atoms with Gasteiger partial charge in [-0.3, -0.25) is 14.4 Å². The van der Waals surface area contributed by atoms with Gasteiger partial charge in [-0.05, 0) is 58.4 Å². The molecule has 0 saturated carbocycles. The molecule has 1 aromatic carbocycles. The molecule has 0 bridgehead atoms. The second-order valence-electron chi connectivity index (χ2n) is 5.03. The molecule has 10 heteroatoms. The zero-order valence-electron chi connectivity index (χ0n) is 14.0. The number of benzene rings is 1. The number of hydrogen-bond donors (Lipinski definition) is 2. The summed E-state index contributed by atoms with van der Waals surface area (Å²) in [7, 11) is 0. The number of hydrogen-bond acceptors (Lipinski definition) is 6. The first kappa shape index (κ1) is 20.0. The predicted octanol–water partition coefficient (Wildman–Crippen LogP) is 1.82. The van der Waals surface area contributed by atoms with Gasteiger partial charge in [-0.1, -0.05) is 0 Å². The van der Waals surface area contributed by atoms with Crippen LogP contribution < -0.4 is 20.5 Å². The van der Waals surface area contributed by atoms with Crippen molar-refractivity contribution in [1.29, 1.82) is 0 Å². The second-order valence-corrected chi connectivity index (χ2v) is 6.92. The SMILES string of the molecule is CCOc1cc(/C=C2\SC(NC(C)=O)=NC2=O)cc(Br)c1OCC(N)=O. The van der Waals surface area contributed by atoms with Crippen LogP contribution in [0.15, 0.2) is 26.5 Å². The summed E-state index contributed by atoms with van der Waals surface area (Å²) in [5.74, 6) is -0.618. The highest BCUT2D eigenvalue weighted by Gasteiger charge is 2.23. The lowest BCUT2D eigenvalue weighted by atomic mass is 10.2. The Kier molecular flexibility index (Phi) is 6.81. The van der Waals surface area contributed by atoms with Crippen LogP contribution in [0.25, 0.3) is 6.08 Å². The van der Waals surface area contributed by atoms with Gasteiger partial charge in [0.05, 0.1) is 16.0 Å². The van der Waals surface area contributed by atoms with Crippen LogP contribution >= 0.6 is 27.7 Å². The second kappa shape index (κ2) is 8.86. The van der Waals surface area contributed by atoms with Gasteiger partial charge in [0.25, 0.3) is 11.8 Å². The van der Waals surface area contributed by atoms with Gasteiger partial charge in [-0.2, -0.15) is 4.99 Å². The number of nitrogens with one attached hydrogen (secondary N) is 1. The molecule has 1 aliphatic rings. The number of aliphatic imine (C=N–C) groups is 1. The number of rotatable bonds is 6. The lowest BCUT2D eigenvalue weighted by Gasteiger charge is -2.14. The normalized spacial score (nSPS) is 15.0. The van der Waals surface area contributed by atoms with E-state index in [4.69, 9.17) is 15.2 Å². The summed E-state index contributed by atoms with van der Waals surface area (Å²) in [6, 6.07) is 3.37. The van der Waals surface area contributed by atoms with Crippen LogP contribution in [0.2, 0.25) is 0 Å². The van der Waals surface area contributed by atoms with E-state index in [0.717, 1.165) is 11.8 Å². The van der Waals surface area contributed by atoms with E-state index in [0.29, 0.717) is 33.0 Å². The number of amides is 3. The van der Waals surface area contributed by atoms with E-state index in [2.05, 4.69) is 26.2 Å². The highest BCUT2D eigenvalue weighted by atomic mass is 79.9. The molecule has 1 aromatic rings. The Hall–Kier alpha value is -2.33. The van der Waals surface area contributed by atoms with Gasteiger partial charge in [-0.25, -0.2) is 0 Å². The Labute approximate surface area is 162 Å². The van der Waals surface area contributed by atoms with E-state index in [-0.39, 0.29) is 17.7 Å². The zero-order chi connectivity index (χ0) is 19.3. The fraction of sp³-hybridized carbons (Fsp3) is 0.250. The molecule has 0 unspecified atom stereocenters. The molecular weight excluding hydrogens is 426 g/mol. The monoisotopic (exact) mass is 441 g/mol. The van der Waals surface area contributed by atoms with Crippen LogP contribution in [-0.2, 0) is 14.4 Å². The van der Waals surface area contributed by atoms with E-state index < -0.39 is 11.8 Å². The number of nitrogens with two attached hydrogens (primary N) is 1. The first-order chi connectivity index (χ1) is 12.3. The van der Waals surface area contributed by atoms with Crippen molar-refractivity contribution < 1.29 is 23.9 Å². The van der Waals surface area contributed by atoms with E-state index in [9.17, 15) is 14.4 Å². The van der Waals surface area contributed by atoms with Crippen molar-refractivity contribution >= 4 is 56.7 Å². The molecule has 0 radical (unpaired) electrons. The Bertz CT molecular complexity index is 822. The highest BCUT2D eigenvalue weighted by molar-refractivity contribution is 9.10. The van der Waals surface area contributed by atoms with Crippen LogP contribution in [0.3, 0.4) is 0 Å². The summed E-state index contributed by atoms with van der Waals surface area (Å²) >= 11 is 4.43. The van der Waals surface area contributed by atoms with Crippen molar-refractivity contribution in [2.24, 2.45) is 10.7 Å². The number of ether oxygens (including phenoxy) is 2. The van der Waals surface area contributed by atoms with Crippen LogP contribution in [0.1, 0.15) is 19.4 Å². The lowest BCUT2D eigenvalue weighted by Crippen LogP contribution is -2.23. The molecule has 0 aliphatic carbocycles. The maximum absolute atomic E-state index is 12.0. The van der Waals surface area contributed by atoms with Crippen molar-refractivity contribution in [2.75, 3.05) is 13.2 Å². The topological polar surface area (TPSA) is 120 Å². The Morgan fingerprint density at radius 1 is 1.38 bits per heavy atom. The average molecular weight is 442 g/mol. The Balaban J connectivity index is 2.29. The van der Waals surface area contributed by atoms with Crippen molar-refractivity contribution in [1.82, 2.24) is 5.32 Å². The van der Waals surface area contributed by atoms with Crippen molar-refractivity contribution in [3.8, 4) is 11.5 Å².